The number of amides is 1. The van der Waals surface area contributed by atoms with E-state index in [9.17, 15) is 9.90 Å². The first-order valence-electron chi connectivity index (χ1n) is 8.04. The second-order valence-corrected chi connectivity index (χ2v) is 5.97. The van der Waals surface area contributed by atoms with Crippen LogP contribution < -0.4 is 5.73 Å². The molecule has 2 aromatic carbocycles. The second kappa shape index (κ2) is 7.17. The van der Waals surface area contributed by atoms with Crippen LogP contribution in [0, 0.1) is 0 Å². The van der Waals surface area contributed by atoms with Gasteiger partial charge in [0, 0.05) is 13.0 Å². The number of phenolic OH excluding ortho intramolecular Hbond substituents is 1. The van der Waals surface area contributed by atoms with Crippen LogP contribution in [0.1, 0.15) is 24.0 Å². The highest BCUT2D eigenvalue weighted by Gasteiger charge is 2.33. The van der Waals surface area contributed by atoms with Crippen LogP contribution in [0.15, 0.2) is 59.6 Å². The molecule has 3 N–H and O–H groups in total. The van der Waals surface area contributed by atoms with Gasteiger partial charge >= 0.3 is 0 Å². The highest BCUT2D eigenvalue weighted by atomic mass is 16.3. The highest BCUT2D eigenvalue weighted by Crippen LogP contribution is 2.22. The van der Waals surface area contributed by atoms with Gasteiger partial charge in [0.25, 0.3) is 0 Å². The predicted octanol–water partition coefficient (Wildman–Crippen LogP) is 2.44. The van der Waals surface area contributed by atoms with Crippen LogP contribution in [0.2, 0.25) is 0 Å². The maximum Gasteiger partial charge on any atom is 0.223 e. The summed E-state index contributed by atoms with van der Waals surface area (Å²) in [5.41, 5.74) is 8.22. The molecule has 124 valence electrons. The van der Waals surface area contributed by atoms with Crippen molar-refractivity contribution in [3.63, 3.8) is 0 Å². The Balaban J connectivity index is 1.70. The molecule has 0 aliphatic carbocycles. The number of aromatic hydroxyl groups is 1. The number of likely N-dealkylation sites (tertiary alicyclic amines) is 1. The van der Waals surface area contributed by atoms with Crippen LogP contribution in [0.3, 0.4) is 0 Å². The molecule has 24 heavy (non-hydrogen) atoms. The molecule has 1 aliphatic rings. The van der Waals surface area contributed by atoms with Crippen molar-refractivity contribution < 1.29 is 9.90 Å². The SMILES string of the molecule is NC(=NCc1ccc(O)cc1)C1CCC(=O)N1Cc1ccccc1. The molecule has 1 unspecified atom stereocenters. The van der Waals surface area contributed by atoms with E-state index < -0.39 is 0 Å². The molecule has 0 radical (unpaired) electrons. The average molecular weight is 323 g/mol. The van der Waals surface area contributed by atoms with Crippen molar-refractivity contribution in [2.75, 3.05) is 0 Å². The van der Waals surface area contributed by atoms with Crippen LogP contribution in [0.25, 0.3) is 0 Å². The fraction of sp³-hybridized carbons (Fsp3) is 0.263. The van der Waals surface area contributed by atoms with Gasteiger partial charge in [-0.2, -0.15) is 0 Å². The predicted molar refractivity (Wildman–Crippen MR) is 93.4 cm³/mol. The lowest BCUT2D eigenvalue weighted by atomic mass is 10.1. The third-order valence-electron chi connectivity index (χ3n) is 4.25. The van der Waals surface area contributed by atoms with E-state index in [0.29, 0.717) is 31.8 Å². The monoisotopic (exact) mass is 323 g/mol. The molecule has 0 aromatic heterocycles. The van der Waals surface area contributed by atoms with Gasteiger partial charge in [-0.15, -0.1) is 0 Å². The van der Waals surface area contributed by atoms with E-state index in [1.54, 1.807) is 12.1 Å². The molecule has 2 aromatic rings. The summed E-state index contributed by atoms with van der Waals surface area (Å²) < 4.78 is 0. The standard InChI is InChI=1S/C19H21N3O2/c20-19(21-12-14-6-8-16(23)9-7-14)17-10-11-18(24)22(17)13-15-4-2-1-3-5-15/h1-9,17,23H,10-13H2,(H2,20,21). The fourth-order valence-corrected chi connectivity index (χ4v) is 2.91. The molecule has 1 amide bonds. The summed E-state index contributed by atoms with van der Waals surface area (Å²) in [6, 6.07) is 16.6. The van der Waals surface area contributed by atoms with Crippen molar-refractivity contribution in [1.29, 1.82) is 0 Å². The molecule has 1 fully saturated rings. The van der Waals surface area contributed by atoms with Gasteiger partial charge in [-0.05, 0) is 29.7 Å². The molecular weight excluding hydrogens is 302 g/mol. The molecule has 1 heterocycles. The van der Waals surface area contributed by atoms with Crippen LogP contribution >= 0.6 is 0 Å². The molecule has 1 aliphatic heterocycles. The minimum Gasteiger partial charge on any atom is -0.508 e. The number of hydrogen-bond acceptors (Lipinski definition) is 3. The van der Waals surface area contributed by atoms with Crippen molar-refractivity contribution in [2.45, 2.75) is 32.0 Å². The summed E-state index contributed by atoms with van der Waals surface area (Å²) in [5.74, 6) is 0.836. The lowest BCUT2D eigenvalue weighted by Crippen LogP contribution is -2.42. The van der Waals surface area contributed by atoms with Crippen molar-refractivity contribution in [3.05, 3.63) is 65.7 Å². The number of rotatable bonds is 5. The van der Waals surface area contributed by atoms with E-state index >= 15 is 0 Å². The molecule has 3 rings (SSSR count). The maximum absolute atomic E-state index is 12.2. The Kier molecular flexibility index (Phi) is 4.79. The summed E-state index contributed by atoms with van der Waals surface area (Å²) in [6.07, 6.45) is 1.21. The smallest absolute Gasteiger partial charge is 0.223 e. The Morgan fingerprint density at radius 2 is 1.83 bits per heavy atom. The summed E-state index contributed by atoms with van der Waals surface area (Å²) in [6.45, 7) is 0.996. The average Bonchev–Trinajstić information content (AvgIpc) is 2.96. The van der Waals surface area contributed by atoms with E-state index in [0.717, 1.165) is 11.1 Å². The lowest BCUT2D eigenvalue weighted by Gasteiger charge is -2.24. The van der Waals surface area contributed by atoms with Crippen LogP contribution in [-0.4, -0.2) is 27.8 Å². The number of carbonyl (C=O) groups excluding carboxylic acids is 1. The lowest BCUT2D eigenvalue weighted by molar-refractivity contribution is -0.128. The molecular formula is C19H21N3O2. The zero-order valence-electron chi connectivity index (χ0n) is 13.4. The van der Waals surface area contributed by atoms with E-state index in [1.807, 2.05) is 47.4 Å². The van der Waals surface area contributed by atoms with Crippen LogP contribution in [0.4, 0.5) is 0 Å². The number of benzene rings is 2. The van der Waals surface area contributed by atoms with Gasteiger partial charge < -0.3 is 15.7 Å². The summed E-state index contributed by atoms with van der Waals surface area (Å²) in [7, 11) is 0. The number of nitrogens with zero attached hydrogens (tertiary/aromatic N) is 2. The van der Waals surface area contributed by atoms with Gasteiger partial charge in [0.2, 0.25) is 5.91 Å². The van der Waals surface area contributed by atoms with E-state index in [-0.39, 0.29) is 17.7 Å². The third kappa shape index (κ3) is 3.74. The Morgan fingerprint density at radius 3 is 2.54 bits per heavy atom. The van der Waals surface area contributed by atoms with E-state index in [2.05, 4.69) is 4.99 Å². The number of phenols is 1. The Bertz CT molecular complexity index is 726. The molecule has 1 atom stereocenters. The first-order valence-corrected chi connectivity index (χ1v) is 8.04. The highest BCUT2D eigenvalue weighted by molar-refractivity contribution is 5.93. The fourth-order valence-electron chi connectivity index (χ4n) is 2.91. The molecule has 5 nitrogen and oxygen atoms in total. The molecule has 1 saturated heterocycles. The van der Waals surface area contributed by atoms with Gasteiger partial charge in [0.1, 0.15) is 11.6 Å². The largest absolute Gasteiger partial charge is 0.508 e. The summed E-state index contributed by atoms with van der Waals surface area (Å²) in [4.78, 5) is 18.5. The number of hydrogen-bond donors (Lipinski definition) is 2. The number of carbonyl (C=O) groups is 1. The Morgan fingerprint density at radius 1 is 1.12 bits per heavy atom. The normalized spacial score (nSPS) is 18.2. The van der Waals surface area contributed by atoms with Gasteiger partial charge in [-0.3, -0.25) is 9.79 Å². The van der Waals surface area contributed by atoms with Gasteiger partial charge in [-0.25, -0.2) is 0 Å². The third-order valence-corrected chi connectivity index (χ3v) is 4.25. The van der Waals surface area contributed by atoms with Crippen molar-refractivity contribution in [2.24, 2.45) is 10.7 Å². The van der Waals surface area contributed by atoms with Gasteiger partial charge in [-0.1, -0.05) is 42.5 Å². The minimum absolute atomic E-state index is 0.117. The maximum atomic E-state index is 12.2. The topological polar surface area (TPSA) is 78.9 Å². The van der Waals surface area contributed by atoms with Crippen molar-refractivity contribution in [3.8, 4) is 5.75 Å². The first kappa shape index (κ1) is 16.1. The Hall–Kier alpha value is -2.82. The van der Waals surface area contributed by atoms with Crippen molar-refractivity contribution >= 4 is 11.7 Å². The van der Waals surface area contributed by atoms with Gasteiger partial charge in [0.05, 0.1) is 12.6 Å². The second-order valence-electron chi connectivity index (χ2n) is 5.97. The quantitative estimate of drug-likeness (QED) is 0.655. The summed E-state index contributed by atoms with van der Waals surface area (Å²) in [5, 5.41) is 9.31. The first-order chi connectivity index (χ1) is 11.6. The number of nitrogens with two attached hydrogens (primary N) is 1. The van der Waals surface area contributed by atoms with Crippen LogP contribution in [-0.2, 0) is 17.9 Å². The molecule has 0 saturated carbocycles. The van der Waals surface area contributed by atoms with Crippen LogP contribution in [0.5, 0.6) is 5.75 Å². The molecule has 0 spiro atoms. The zero-order valence-corrected chi connectivity index (χ0v) is 13.4. The zero-order chi connectivity index (χ0) is 16.9. The van der Waals surface area contributed by atoms with Gasteiger partial charge in [0.15, 0.2) is 0 Å². The van der Waals surface area contributed by atoms with Crippen molar-refractivity contribution in [1.82, 2.24) is 4.90 Å². The molecule has 0 bridgehead atoms. The van der Waals surface area contributed by atoms with E-state index in [1.165, 1.54) is 0 Å². The molecule has 5 heteroatoms. The number of amidine groups is 1. The minimum atomic E-state index is -0.144. The summed E-state index contributed by atoms with van der Waals surface area (Å²) >= 11 is 0. The number of aliphatic imine (C=N–C) groups is 1. The van der Waals surface area contributed by atoms with E-state index in [4.69, 9.17) is 5.73 Å². The Labute approximate surface area is 141 Å².